The zero-order chi connectivity index (χ0) is 17.7. The number of carbonyl (C=O) groups is 1. The largest absolute Gasteiger partial charge is 0.496 e. The molecule has 1 fully saturated rings. The Morgan fingerprint density at radius 2 is 2.29 bits per heavy atom. The quantitative estimate of drug-likeness (QED) is 0.704. The van der Waals surface area contributed by atoms with Gasteiger partial charge in [0.15, 0.2) is 0 Å². The van der Waals surface area contributed by atoms with Crippen LogP contribution in [-0.2, 0) is 10.0 Å². The maximum atomic E-state index is 12.5. The highest BCUT2D eigenvalue weighted by molar-refractivity contribution is 7.89. The normalized spacial score (nSPS) is 18.3. The zero-order valence-corrected chi connectivity index (χ0v) is 14.5. The van der Waals surface area contributed by atoms with E-state index < -0.39 is 10.0 Å². The first-order valence-corrected chi connectivity index (χ1v) is 9.25. The number of amides is 1. The van der Waals surface area contributed by atoms with Gasteiger partial charge >= 0.3 is 0 Å². The summed E-state index contributed by atoms with van der Waals surface area (Å²) in [6.45, 7) is 5.99. The van der Waals surface area contributed by atoms with Gasteiger partial charge in [-0.05, 0) is 37.6 Å². The van der Waals surface area contributed by atoms with Crippen LogP contribution in [0.4, 0.5) is 0 Å². The SMILES string of the molecule is C=CCN1CCCC1CNC(=O)c1cc(S(N)(=O)=O)ccc1OC. The Morgan fingerprint density at radius 3 is 2.92 bits per heavy atom. The fraction of sp³-hybridized carbons (Fsp3) is 0.438. The highest BCUT2D eigenvalue weighted by Gasteiger charge is 2.24. The molecule has 3 N–H and O–H groups in total. The van der Waals surface area contributed by atoms with Crippen LogP contribution in [0.5, 0.6) is 5.75 Å². The number of carbonyl (C=O) groups excluding carboxylic acids is 1. The Bertz CT molecular complexity index is 718. The first kappa shape index (κ1) is 18.4. The maximum absolute atomic E-state index is 12.5. The lowest BCUT2D eigenvalue weighted by atomic mass is 10.1. The van der Waals surface area contributed by atoms with Crippen LogP contribution in [0.15, 0.2) is 35.7 Å². The average Bonchev–Trinajstić information content (AvgIpc) is 2.98. The second kappa shape index (κ2) is 7.78. The zero-order valence-electron chi connectivity index (χ0n) is 13.7. The van der Waals surface area contributed by atoms with Crippen molar-refractivity contribution in [1.82, 2.24) is 10.2 Å². The minimum absolute atomic E-state index is 0.123. The molecular weight excluding hydrogens is 330 g/mol. The second-order valence-electron chi connectivity index (χ2n) is 5.70. The van der Waals surface area contributed by atoms with Crippen molar-refractivity contribution >= 4 is 15.9 Å². The third-order valence-electron chi connectivity index (χ3n) is 4.11. The van der Waals surface area contributed by atoms with Crippen LogP contribution in [0.25, 0.3) is 0 Å². The summed E-state index contributed by atoms with van der Waals surface area (Å²) in [5, 5.41) is 7.98. The summed E-state index contributed by atoms with van der Waals surface area (Å²) < 4.78 is 28.1. The molecule has 0 bridgehead atoms. The standard InChI is InChI=1S/C16H23N3O4S/c1-3-8-19-9-4-5-12(19)11-18-16(20)14-10-13(24(17,21)22)6-7-15(14)23-2/h3,6-7,10,12H,1,4-5,8-9,11H2,2H3,(H,18,20)(H2,17,21,22). The monoisotopic (exact) mass is 353 g/mol. The number of nitrogens with one attached hydrogen (secondary N) is 1. The number of benzene rings is 1. The molecular formula is C16H23N3O4S. The van der Waals surface area contributed by atoms with E-state index in [2.05, 4.69) is 16.8 Å². The molecule has 1 aliphatic heterocycles. The number of hydrogen-bond acceptors (Lipinski definition) is 5. The highest BCUT2D eigenvalue weighted by Crippen LogP contribution is 2.22. The number of rotatable bonds is 7. The van der Waals surface area contributed by atoms with Gasteiger partial charge in [0.1, 0.15) is 5.75 Å². The van der Waals surface area contributed by atoms with Gasteiger partial charge in [-0.2, -0.15) is 0 Å². The van der Waals surface area contributed by atoms with Crippen molar-refractivity contribution in [3.8, 4) is 5.75 Å². The number of likely N-dealkylation sites (tertiary alicyclic amines) is 1. The van der Waals surface area contributed by atoms with Crippen molar-refractivity contribution in [3.63, 3.8) is 0 Å². The number of methoxy groups -OCH3 is 1. The second-order valence-corrected chi connectivity index (χ2v) is 7.26. The topological polar surface area (TPSA) is 102 Å². The fourth-order valence-electron chi connectivity index (χ4n) is 2.88. The Hall–Kier alpha value is -1.90. The number of nitrogens with zero attached hydrogens (tertiary/aromatic N) is 1. The van der Waals surface area contributed by atoms with Gasteiger partial charge in [-0.3, -0.25) is 9.69 Å². The molecule has 0 saturated carbocycles. The third kappa shape index (κ3) is 4.34. The van der Waals surface area contributed by atoms with Gasteiger partial charge in [0, 0.05) is 19.1 Å². The smallest absolute Gasteiger partial charge is 0.255 e. The minimum Gasteiger partial charge on any atom is -0.496 e. The molecule has 2 rings (SSSR count). The molecule has 132 valence electrons. The Labute approximate surface area is 142 Å². The van der Waals surface area contributed by atoms with Crippen LogP contribution >= 0.6 is 0 Å². The van der Waals surface area contributed by atoms with Crippen LogP contribution in [0.2, 0.25) is 0 Å². The van der Waals surface area contributed by atoms with Crippen LogP contribution in [0.3, 0.4) is 0 Å². The van der Waals surface area contributed by atoms with Gasteiger partial charge in [0.2, 0.25) is 10.0 Å². The van der Waals surface area contributed by atoms with E-state index in [1.54, 1.807) is 0 Å². The summed E-state index contributed by atoms with van der Waals surface area (Å²) in [4.78, 5) is 14.6. The molecule has 1 aromatic carbocycles. The summed E-state index contributed by atoms with van der Waals surface area (Å²) >= 11 is 0. The molecule has 1 amide bonds. The number of hydrogen-bond donors (Lipinski definition) is 2. The van der Waals surface area contributed by atoms with E-state index in [1.165, 1.54) is 25.3 Å². The lowest BCUT2D eigenvalue weighted by Gasteiger charge is -2.23. The molecule has 1 atom stereocenters. The molecule has 1 aromatic rings. The first-order valence-electron chi connectivity index (χ1n) is 7.70. The molecule has 0 aromatic heterocycles. The van der Waals surface area contributed by atoms with Crippen LogP contribution in [0, 0.1) is 0 Å². The van der Waals surface area contributed by atoms with E-state index in [-0.39, 0.29) is 22.4 Å². The van der Waals surface area contributed by atoms with E-state index in [9.17, 15) is 13.2 Å². The van der Waals surface area contributed by atoms with Gasteiger partial charge < -0.3 is 10.1 Å². The van der Waals surface area contributed by atoms with Crippen LogP contribution in [-0.4, -0.2) is 52.0 Å². The van der Waals surface area contributed by atoms with E-state index in [0.717, 1.165) is 25.9 Å². The molecule has 8 heteroatoms. The molecule has 1 saturated heterocycles. The summed E-state index contributed by atoms with van der Waals surface area (Å²) in [7, 11) is -2.46. The summed E-state index contributed by atoms with van der Waals surface area (Å²) in [6.07, 6.45) is 3.93. The minimum atomic E-state index is -3.89. The Balaban J connectivity index is 2.12. The molecule has 7 nitrogen and oxygen atoms in total. The number of ether oxygens (including phenoxy) is 1. The van der Waals surface area contributed by atoms with Gasteiger partial charge in [0.05, 0.1) is 17.6 Å². The van der Waals surface area contributed by atoms with Crippen LogP contribution in [0.1, 0.15) is 23.2 Å². The van der Waals surface area contributed by atoms with Gasteiger partial charge in [-0.25, -0.2) is 13.6 Å². The van der Waals surface area contributed by atoms with E-state index >= 15 is 0 Å². The number of primary sulfonamides is 1. The van der Waals surface area contributed by atoms with Gasteiger partial charge in [-0.15, -0.1) is 6.58 Å². The van der Waals surface area contributed by atoms with Crippen molar-refractivity contribution < 1.29 is 17.9 Å². The maximum Gasteiger partial charge on any atom is 0.255 e. The van der Waals surface area contributed by atoms with Crippen molar-refractivity contribution in [3.05, 3.63) is 36.4 Å². The van der Waals surface area contributed by atoms with Crippen molar-refractivity contribution in [1.29, 1.82) is 0 Å². The number of sulfonamides is 1. The Kier molecular flexibility index (Phi) is 5.98. The van der Waals surface area contributed by atoms with E-state index in [1.807, 2.05) is 6.08 Å². The molecule has 0 spiro atoms. The average molecular weight is 353 g/mol. The van der Waals surface area contributed by atoms with E-state index in [0.29, 0.717) is 12.3 Å². The third-order valence-corrected chi connectivity index (χ3v) is 5.02. The lowest BCUT2D eigenvalue weighted by Crippen LogP contribution is -2.40. The fourth-order valence-corrected chi connectivity index (χ4v) is 3.42. The van der Waals surface area contributed by atoms with Crippen molar-refractivity contribution in [2.75, 3.05) is 26.7 Å². The van der Waals surface area contributed by atoms with Gasteiger partial charge in [0.25, 0.3) is 5.91 Å². The van der Waals surface area contributed by atoms with Crippen LogP contribution < -0.4 is 15.2 Å². The molecule has 0 aliphatic carbocycles. The molecule has 1 aliphatic rings. The molecule has 1 heterocycles. The molecule has 24 heavy (non-hydrogen) atoms. The lowest BCUT2D eigenvalue weighted by molar-refractivity contribution is 0.0939. The summed E-state index contributed by atoms with van der Waals surface area (Å²) in [5.41, 5.74) is 0.150. The van der Waals surface area contributed by atoms with Crippen molar-refractivity contribution in [2.45, 2.75) is 23.8 Å². The summed E-state index contributed by atoms with van der Waals surface area (Å²) in [5.74, 6) is -0.0860. The number of nitrogens with two attached hydrogens (primary N) is 1. The molecule has 1 unspecified atom stereocenters. The predicted molar refractivity (Wildman–Crippen MR) is 91.5 cm³/mol. The van der Waals surface area contributed by atoms with Crippen molar-refractivity contribution in [2.24, 2.45) is 5.14 Å². The Morgan fingerprint density at radius 1 is 1.54 bits per heavy atom. The summed E-state index contributed by atoms with van der Waals surface area (Å²) in [6, 6.07) is 4.22. The molecule has 0 radical (unpaired) electrons. The van der Waals surface area contributed by atoms with E-state index in [4.69, 9.17) is 9.88 Å². The first-order chi connectivity index (χ1) is 11.4. The van der Waals surface area contributed by atoms with Gasteiger partial charge in [-0.1, -0.05) is 6.08 Å². The predicted octanol–water partition coefficient (Wildman–Crippen LogP) is 0.723. The highest BCUT2D eigenvalue weighted by atomic mass is 32.2.